The van der Waals surface area contributed by atoms with Crippen molar-refractivity contribution in [3.05, 3.63) is 72.9 Å². The summed E-state index contributed by atoms with van der Waals surface area (Å²) in [4.78, 5) is 20.6. The predicted molar refractivity (Wildman–Crippen MR) is 94.1 cm³/mol. The van der Waals surface area contributed by atoms with Crippen LogP contribution >= 0.6 is 0 Å². The van der Waals surface area contributed by atoms with Gasteiger partial charge in [-0.05, 0) is 31.2 Å². The molecule has 6 heteroatoms. The molecule has 0 atom stereocenters. The zero-order valence-corrected chi connectivity index (χ0v) is 13.5. The molecule has 0 spiro atoms. The Bertz CT molecular complexity index is 966. The zero-order valence-electron chi connectivity index (χ0n) is 13.5. The molecule has 1 aromatic carbocycles. The summed E-state index contributed by atoms with van der Waals surface area (Å²) >= 11 is 0. The van der Waals surface area contributed by atoms with Crippen molar-refractivity contribution >= 4 is 0 Å². The van der Waals surface area contributed by atoms with Crippen molar-refractivity contribution in [1.82, 2.24) is 24.9 Å². The number of aryl methyl sites for hydroxylation is 1. The highest BCUT2D eigenvalue weighted by Gasteiger charge is 2.12. The lowest BCUT2D eigenvalue weighted by atomic mass is 10.2. The van der Waals surface area contributed by atoms with Crippen LogP contribution in [0.2, 0.25) is 0 Å². The molecule has 25 heavy (non-hydrogen) atoms. The normalized spacial score (nSPS) is 10.6. The van der Waals surface area contributed by atoms with E-state index in [1.54, 1.807) is 24.8 Å². The minimum atomic E-state index is 0.302. The largest absolute Gasteiger partial charge is 0.424 e. The van der Waals surface area contributed by atoms with Crippen molar-refractivity contribution in [2.45, 2.75) is 6.92 Å². The van der Waals surface area contributed by atoms with Gasteiger partial charge in [-0.3, -0.25) is 4.98 Å². The first-order valence-electron chi connectivity index (χ1n) is 7.82. The van der Waals surface area contributed by atoms with Gasteiger partial charge in [0.05, 0.1) is 5.69 Å². The molecule has 4 aromatic rings. The Hall–Kier alpha value is -3.54. The van der Waals surface area contributed by atoms with Crippen LogP contribution < -0.4 is 4.74 Å². The first-order valence-corrected chi connectivity index (χ1v) is 7.82. The Kier molecular flexibility index (Phi) is 3.92. The maximum atomic E-state index is 5.62. The number of ether oxygens (including phenoxy) is 1. The van der Waals surface area contributed by atoms with Crippen molar-refractivity contribution in [3.63, 3.8) is 0 Å². The number of aromatic nitrogens is 5. The Morgan fingerprint density at radius 2 is 1.68 bits per heavy atom. The molecule has 0 saturated carbocycles. The maximum absolute atomic E-state index is 5.62. The summed E-state index contributed by atoms with van der Waals surface area (Å²) in [6, 6.07) is 13.6. The first-order chi connectivity index (χ1) is 12.3. The monoisotopic (exact) mass is 329 g/mol. The number of imidazole rings is 1. The number of nitrogens with zero attached hydrogens (tertiary/aromatic N) is 4. The van der Waals surface area contributed by atoms with Gasteiger partial charge in [0.2, 0.25) is 0 Å². The maximum Gasteiger partial charge on any atom is 0.321 e. The van der Waals surface area contributed by atoms with Gasteiger partial charge in [0.25, 0.3) is 0 Å². The quantitative estimate of drug-likeness (QED) is 0.612. The Labute approximate surface area is 144 Å². The summed E-state index contributed by atoms with van der Waals surface area (Å²) in [6.07, 6.45) is 6.93. The molecule has 0 unspecified atom stereocenters. The van der Waals surface area contributed by atoms with Crippen molar-refractivity contribution in [2.75, 3.05) is 0 Å². The number of aromatic amines is 1. The Morgan fingerprint density at radius 1 is 0.880 bits per heavy atom. The molecule has 3 aromatic heterocycles. The van der Waals surface area contributed by atoms with E-state index in [0.717, 1.165) is 28.3 Å². The number of para-hydroxylation sites is 1. The summed E-state index contributed by atoms with van der Waals surface area (Å²) in [5, 5.41) is 0. The smallest absolute Gasteiger partial charge is 0.321 e. The van der Waals surface area contributed by atoms with E-state index in [-0.39, 0.29) is 0 Å². The van der Waals surface area contributed by atoms with Crippen LogP contribution in [0.5, 0.6) is 11.8 Å². The molecule has 1 N–H and O–H groups in total. The lowest BCUT2D eigenvalue weighted by Crippen LogP contribution is -1.92. The van der Waals surface area contributed by atoms with E-state index in [2.05, 4.69) is 24.9 Å². The molecular formula is C19H15N5O. The van der Waals surface area contributed by atoms with Crippen LogP contribution in [0.1, 0.15) is 5.69 Å². The van der Waals surface area contributed by atoms with Crippen LogP contribution in [0.15, 0.2) is 67.3 Å². The number of rotatable bonds is 4. The summed E-state index contributed by atoms with van der Waals surface area (Å²) in [7, 11) is 0. The predicted octanol–water partition coefficient (Wildman–Crippen LogP) is 4.03. The third-order valence-electron chi connectivity index (χ3n) is 3.67. The third kappa shape index (κ3) is 3.23. The first kappa shape index (κ1) is 15.0. The second-order valence-corrected chi connectivity index (χ2v) is 5.47. The summed E-state index contributed by atoms with van der Waals surface area (Å²) in [6.45, 7) is 1.97. The number of hydrogen-bond donors (Lipinski definition) is 1. The average molecular weight is 329 g/mol. The molecule has 4 rings (SSSR count). The fraction of sp³-hybridized carbons (Fsp3) is 0.0526. The highest BCUT2D eigenvalue weighted by atomic mass is 16.5. The molecule has 0 radical (unpaired) electrons. The van der Waals surface area contributed by atoms with Crippen molar-refractivity contribution in [1.29, 1.82) is 0 Å². The zero-order chi connectivity index (χ0) is 17.1. The van der Waals surface area contributed by atoms with Gasteiger partial charge in [-0.25, -0.2) is 15.0 Å². The minimum Gasteiger partial charge on any atom is -0.424 e. The van der Waals surface area contributed by atoms with E-state index >= 15 is 0 Å². The van der Waals surface area contributed by atoms with Crippen LogP contribution in [0, 0.1) is 6.92 Å². The molecule has 0 aliphatic rings. The van der Waals surface area contributed by atoms with E-state index in [1.165, 1.54) is 0 Å². The van der Waals surface area contributed by atoms with Crippen LogP contribution in [-0.2, 0) is 0 Å². The number of H-pyrrole nitrogens is 1. The lowest BCUT2D eigenvalue weighted by Gasteiger charge is -2.03. The van der Waals surface area contributed by atoms with Crippen molar-refractivity contribution < 1.29 is 4.74 Å². The van der Waals surface area contributed by atoms with E-state index in [0.29, 0.717) is 11.8 Å². The third-order valence-corrected chi connectivity index (χ3v) is 3.67. The van der Waals surface area contributed by atoms with Gasteiger partial charge >= 0.3 is 6.01 Å². The molecule has 3 heterocycles. The number of nitrogens with one attached hydrogen (secondary N) is 1. The SMILES string of the molecule is Cc1[nH]c(-c2cccnc2)nc1-c1cnc(Oc2ccccc2)nc1. The Balaban J connectivity index is 1.59. The molecule has 122 valence electrons. The van der Waals surface area contributed by atoms with Crippen LogP contribution in [0.25, 0.3) is 22.6 Å². The van der Waals surface area contributed by atoms with Gasteiger partial charge in [0, 0.05) is 41.6 Å². The molecule has 0 amide bonds. The fourth-order valence-corrected chi connectivity index (χ4v) is 2.47. The standard InChI is InChI=1S/C19H15N5O/c1-13-17(24-18(23-13)14-6-5-9-20-10-14)15-11-21-19(22-12-15)25-16-7-3-2-4-8-16/h2-12H,1H3,(H,23,24). The van der Waals surface area contributed by atoms with Gasteiger partial charge in [0.15, 0.2) is 0 Å². The van der Waals surface area contributed by atoms with Crippen molar-refractivity contribution in [3.8, 4) is 34.4 Å². The Morgan fingerprint density at radius 3 is 2.40 bits per heavy atom. The van der Waals surface area contributed by atoms with E-state index in [4.69, 9.17) is 4.74 Å². The second-order valence-electron chi connectivity index (χ2n) is 5.47. The van der Waals surface area contributed by atoms with E-state index in [9.17, 15) is 0 Å². The highest BCUT2D eigenvalue weighted by molar-refractivity contribution is 5.65. The summed E-state index contributed by atoms with van der Waals surface area (Å²) in [5.41, 5.74) is 3.51. The molecule has 0 saturated heterocycles. The van der Waals surface area contributed by atoms with Crippen molar-refractivity contribution in [2.24, 2.45) is 0 Å². The molecule has 0 aliphatic carbocycles. The van der Waals surface area contributed by atoms with Crippen LogP contribution in [-0.4, -0.2) is 24.9 Å². The number of pyridine rings is 1. The van der Waals surface area contributed by atoms with E-state index in [1.807, 2.05) is 49.4 Å². The van der Waals surface area contributed by atoms with Gasteiger partial charge in [-0.15, -0.1) is 0 Å². The molecule has 0 fully saturated rings. The van der Waals surface area contributed by atoms with Gasteiger partial charge in [-0.2, -0.15) is 0 Å². The molecular weight excluding hydrogens is 314 g/mol. The fourth-order valence-electron chi connectivity index (χ4n) is 2.47. The molecule has 0 aliphatic heterocycles. The average Bonchev–Trinajstić information content (AvgIpc) is 3.06. The summed E-state index contributed by atoms with van der Waals surface area (Å²) < 4.78 is 5.62. The van der Waals surface area contributed by atoms with Gasteiger partial charge < -0.3 is 9.72 Å². The number of benzene rings is 1. The molecule has 6 nitrogen and oxygen atoms in total. The summed E-state index contributed by atoms with van der Waals surface area (Å²) in [5.74, 6) is 1.47. The van der Waals surface area contributed by atoms with Crippen LogP contribution in [0.3, 0.4) is 0 Å². The molecule has 0 bridgehead atoms. The topological polar surface area (TPSA) is 76.6 Å². The van der Waals surface area contributed by atoms with E-state index < -0.39 is 0 Å². The lowest BCUT2D eigenvalue weighted by molar-refractivity contribution is 0.442. The van der Waals surface area contributed by atoms with Crippen LogP contribution in [0.4, 0.5) is 0 Å². The number of hydrogen-bond acceptors (Lipinski definition) is 5. The van der Waals surface area contributed by atoms with Gasteiger partial charge in [0.1, 0.15) is 11.6 Å². The minimum absolute atomic E-state index is 0.302. The second kappa shape index (κ2) is 6.52. The van der Waals surface area contributed by atoms with Gasteiger partial charge in [-0.1, -0.05) is 18.2 Å². The highest BCUT2D eigenvalue weighted by Crippen LogP contribution is 2.25.